The summed E-state index contributed by atoms with van der Waals surface area (Å²) in [6.07, 6.45) is 4.28. The Labute approximate surface area is 163 Å². The summed E-state index contributed by atoms with van der Waals surface area (Å²) in [6, 6.07) is 14.1. The van der Waals surface area contributed by atoms with Crippen LogP contribution in [0.2, 0.25) is 0 Å². The summed E-state index contributed by atoms with van der Waals surface area (Å²) >= 11 is 0. The van der Waals surface area contributed by atoms with Gasteiger partial charge >= 0.3 is 0 Å². The number of pyridine rings is 1. The highest BCUT2D eigenvalue weighted by atomic mass is 32.2. The molecule has 3 aromatic rings. The minimum atomic E-state index is -3.82. The van der Waals surface area contributed by atoms with Gasteiger partial charge in [-0.2, -0.15) is 0 Å². The zero-order valence-corrected chi connectivity index (χ0v) is 15.9. The number of aromatic nitrogens is 1. The number of benzene rings is 2. The fourth-order valence-corrected chi connectivity index (χ4v) is 4.96. The molecule has 1 aliphatic carbocycles. The molecule has 1 fully saturated rings. The second kappa shape index (κ2) is 6.31. The number of nitrogens with zero attached hydrogens (tertiary/aromatic N) is 2. The topological polar surface area (TPSA) is 79.4 Å². The zero-order valence-electron chi connectivity index (χ0n) is 15.1. The zero-order chi connectivity index (χ0) is 19.3. The highest BCUT2D eigenvalue weighted by molar-refractivity contribution is 7.93. The van der Waals surface area contributed by atoms with Crippen LogP contribution in [-0.4, -0.2) is 25.9 Å². The number of sulfonamides is 1. The van der Waals surface area contributed by atoms with Crippen LogP contribution in [0.25, 0.3) is 10.9 Å². The molecule has 0 unspecified atom stereocenters. The van der Waals surface area contributed by atoms with Crippen molar-refractivity contribution in [1.29, 1.82) is 0 Å². The molecule has 2 heterocycles. The maximum absolute atomic E-state index is 13.0. The summed E-state index contributed by atoms with van der Waals surface area (Å²) in [6.45, 7) is 0.661. The Bertz CT molecular complexity index is 1200. The van der Waals surface area contributed by atoms with Crippen molar-refractivity contribution in [3.05, 3.63) is 60.3 Å². The van der Waals surface area contributed by atoms with Crippen LogP contribution in [0.5, 0.6) is 0 Å². The molecule has 2 aromatic carbocycles. The third-order valence-electron chi connectivity index (χ3n) is 5.31. The van der Waals surface area contributed by atoms with E-state index in [9.17, 15) is 13.2 Å². The minimum absolute atomic E-state index is 0.132. The molecule has 2 aliphatic rings. The molecule has 5 rings (SSSR count). The summed E-state index contributed by atoms with van der Waals surface area (Å²) in [4.78, 5) is 18.7. The predicted molar refractivity (Wildman–Crippen MR) is 108 cm³/mol. The van der Waals surface area contributed by atoms with E-state index in [2.05, 4.69) is 9.71 Å². The lowest BCUT2D eigenvalue weighted by Crippen LogP contribution is -2.30. The van der Waals surface area contributed by atoms with Gasteiger partial charge in [0.15, 0.2) is 0 Å². The van der Waals surface area contributed by atoms with Gasteiger partial charge in [0.1, 0.15) is 4.90 Å². The maximum atomic E-state index is 13.0. The fraction of sp³-hybridized carbons (Fsp3) is 0.238. The molecule has 1 aromatic heterocycles. The predicted octanol–water partition coefficient (Wildman–Crippen LogP) is 3.33. The molecule has 1 aliphatic heterocycles. The van der Waals surface area contributed by atoms with E-state index in [0.717, 1.165) is 35.9 Å². The van der Waals surface area contributed by atoms with Gasteiger partial charge in [-0.3, -0.25) is 14.5 Å². The second-order valence-electron chi connectivity index (χ2n) is 7.29. The van der Waals surface area contributed by atoms with Crippen molar-refractivity contribution in [3.8, 4) is 0 Å². The minimum Gasteiger partial charge on any atom is -0.312 e. The molecule has 0 bridgehead atoms. The first-order valence-electron chi connectivity index (χ1n) is 9.34. The molecule has 0 saturated heterocycles. The molecule has 0 atom stereocenters. The number of para-hydroxylation sites is 1. The maximum Gasteiger partial charge on any atom is 0.264 e. The van der Waals surface area contributed by atoms with E-state index in [-0.39, 0.29) is 16.7 Å². The monoisotopic (exact) mass is 393 g/mol. The van der Waals surface area contributed by atoms with Crippen molar-refractivity contribution >= 4 is 38.2 Å². The highest BCUT2D eigenvalue weighted by Gasteiger charge is 2.36. The Morgan fingerprint density at radius 1 is 1.11 bits per heavy atom. The van der Waals surface area contributed by atoms with Gasteiger partial charge in [-0.25, -0.2) is 8.42 Å². The lowest BCUT2D eigenvalue weighted by Gasteiger charge is -2.18. The molecular formula is C21H19N3O3S. The van der Waals surface area contributed by atoms with Crippen LogP contribution in [-0.2, 0) is 21.2 Å². The number of amides is 1. The largest absolute Gasteiger partial charge is 0.312 e. The summed E-state index contributed by atoms with van der Waals surface area (Å²) < 4.78 is 28.7. The summed E-state index contributed by atoms with van der Waals surface area (Å²) in [5.74, 6) is 0.282. The van der Waals surface area contributed by atoms with Crippen molar-refractivity contribution < 1.29 is 13.2 Å². The summed E-state index contributed by atoms with van der Waals surface area (Å²) in [5.41, 5.74) is 2.77. The van der Waals surface area contributed by atoms with Crippen LogP contribution in [0.1, 0.15) is 18.4 Å². The lowest BCUT2D eigenvalue weighted by molar-refractivity contribution is -0.119. The molecule has 1 amide bonds. The number of carbonyl (C=O) groups is 1. The van der Waals surface area contributed by atoms with E-state index >= 15 is 0 Å². The highest BCUT2D eigenvalue weighted by Crippen LogP contribution is 2.38. The molecule has 0 spiro atoms. The van der Waals surface area contributed by atoms with Gasteiger partial charge in [0.05, 0.1) is 11.2 Å². The van der Waals surface area contributed by atoms with Gasteiger partial charge in [-0.15, -0.1) is 0 Å². The van der Waals surface area contributed by atoms with E-state index in [1.54, 1.807) is 41.4 Å². The van der Waals surface area contributed by atoms with Crippen molar-refractivity contribution in [3.63, 3.8) is 0 Å². The first kappa shape index (κ1) is 17.2. The summed E-state index contributed by atoms with van der Waals surface area (Å²) in [7, 11) is -3.82. The third-order valence-corrected chi connectivity index (χ3v) is 6.72. The smallest absolute Gasteiger partial charge is 0.264 e. The van der Waals surface area contributed by atoms with Gasteiger partial charge in [0.2, 0.25) is 5.91 Å². The van der Waals surface area contributed by atoms with Crippen LogP contribution in [0.4, 0.5) is 11.4 Å². The Kier molecular flexibility index (Phi) is 3.87. The second-order valence-corrected chi connectivity index (χ2v) is 8.95. The van der Waals surface area contributed by atoms with Crippen LogP contribution in [0.3, 0.4) is 0 Å². The van der Waals surface area contributed by atoms with Crippen molar-refractivity contribution in [2.75, 3.05) is 16.2 Å². The van der Waals surface area contributed by atoms with E-state index in [0.29, 0.717) is 17.7 Å². The van der Waals surface area contributed by atoms with Crippen molar-refractivity contribution in [2.45, 2.75) is 24.2 Å². The standard InChI is InChI=1S/C21H19N3O3S/c25-21(16-6-7-16)24-12-10-14-8-9-17(13-18(14)24)23-28(26,27)19-5-1-3-15-4-2-11-22-20(15)19/h1-5,8-9,11,13,16,23H,6-7,10,12H2. The molecule has 6 nitrogen and oxygen atoms in total. The number of hydrogen-bond acceptors (Lipinski definition) is 4. The molecule has 7 heteroatoms. The average Bonchev–Trinajstić information content (AvgIpc) is 3.46. The van der Waals surface area contributed by atoms with E-state index in [4.69, 9.17) is 0 Å². The van der Waals surface area contributed by atoms with Crippen LogP contribution in [0.15, 0.2) is 59.6 Å². The first-order chi connectivity index (χ1) is 13.5. The Hall–Kier alpha value is -2.93. The van der Waals surface area contributed by atoms with Crippen LogP contribution in [0, 0.1) is 5.92 Å². The van der Waals surface area contributed by atoms with Crippen LogP contribution >= 0.6 is 0 Å². The fourth-order valence-electron chi connectivity index (χ4n) is 3.73. The molecule has 28 heavy (non-hydrogen) atoms. The van der Waals surface area contributed by atoms with E-state index in [1.165, 1.54) is 0 Å². The van der Waals surface area contributed by atoms with Crippen molar-refractivity contribution in [1.82, 2.24) is 4.98 Å². The number of nitrogens with one attached hydrogen (secondary N) is 1. The summed E-state index contributed by atoms with van der Waals surface area (Å²) in [5, 5.41) is 0.764. The number of hydrogen-bond donors (Lipinski definition) is 1. The number of anilines is 2. The lowest BCUT2D eigenvalue weighted by atomic mass is 10.1. The molecular weight excluding hydrogens is 374 g/mol. The van der Waals surface area contributed by atoms with Gasteiger partial charge in [-0.1, -0.05) is 24.3 Å². The van der Waals surface area contributed by atoms with Gasteiger partial charge in [0, 0.05) is 29.7 Å². The van der Waals surface area contributed by atoms with E-state index in [1.807, 2.05) is 18.2 Å². The van der Waals surface area contributed by atoms with Crippen LogP contribution < -0.4 is 9.62 Å². The molecule has 0 radical (unpaired) electrons. The number of rotatable bonds is 4. The van der Waals surface area contributed by atoms with Gasteiger partial charge in [-0.05, 0) is 49.1 Å². The van der Waals surface area contributed by atoms with Gasteiger partial charge in [0.25, 0.3) is 10.0 Å². The van der Waals surface area contributed by atoms with Crippen molar-refractivity contribution in [2.24, 2.45) is 5.92 Å². The molecule has 1 saturated carbocycles. The molecule has 1 N–H and O–H groups in total. The van der Waals surface area contributed by atoms with E-state index < -0.39 is 10.0 Å². The third kappa shape index (κ3) is 2.92. The Morgan fingerprint density at radius 2 is 1.93 bits per heavy atom. The average molecular weight is 393 g/mol. The SMILES string of the molecule is O=C(C1CC1)N1CCc2ccc(NS(=O)(=O)c3cccc4cccnc34)cc21. The number of carbonyl (C=O) groups excluding carboxylic acids is 1. The Balaban J connectivity index is 1.49. The normalized spacial score (nSPS) is 16.2. The molecule has 142 valence electrons. The quantitative estimate of drug-likeness (QED) is 0.737. The first-order valence-corrected chi connectivity index (χ1v) is 10.8. The number of fused-ring (bicyclic) bond motifs is 2. The Morgan fingerprint density at radius 3 is 2.75 bits per heavy atom. The van der Waals surface area contributed by atoms with Gasteiger partial charge < -0.3 is 4.90 Å².